The lowest BCUT2D eigenvalue weighted by atomic mass is 9.73. The van der Waals surface area contributed by atoms with E-state index in [-0.39, 0.29) is 5.41 Å². The van der Waals surface area contributed by atoms with Crippen LogP contribution < -0.4 is 10.1 Å². The molecular formula is C17H25NO2. The lowest BCUT2D eigenvalue weighted by Gasteiger charge is -2.35. The molecule has 0 saturated carbocycles. The van der Waals surface area contributed by atoms with Crippen LogP contribution in [0.4, 0.5) is 0 Å². The SMILES string of the molecule is CCC1(C(=O)CCc2ccc(OC)cc2)CCCNC1. The fourth-order valence-corrected chi connectivity index (χ4v) is 3.02. The summed E-state index contributed by atoms with van der Waals surface area (Å²) in [5, 5.41) is 3.38. The van der Waals surface area contributed by atoms with Gasteiger partial charge in [-0.2, -0.15) is 0 Å². The van der Waals surface area contributed by atoms with Crippen LogP contribution in [0.2, 0.25) is 0 Å². The van der Waals surface area contributed by atoms with Crippen molar-refractivity contribution in [3.05, 3.63) is 29.8 Å². The molecule has 0 amide bonds. The van der Waals surface area contributed by atoms with E-state index in [0.717, 1.165) is 44.5 Å². The molecule has 1 saturated heterocycles. The number of carbonyl (C=O) groups is 1. The van der Waals surface area contributed by atoms with E-state index >= 15 is 0 Å². The Bertz CT molecular complexity index is 433. The van der Waals surface area contributed by atoms with E-state index in [9.17, 15) is 4.79 Å². The summed E-state index contributed by atoms with van der Waals surface area (Å²) in [7, 11) is 1.67. The number of rotatable bonds is 6. The van der Waals surface area contributed by atoms with Gasteiger partial charge in [-0.25, -0.2) is 0 Å². The highest BCUT2D eigenvalue weighted by atomic mass is 16.5. The van der Waals surface area contributed by atoms with Crippen LogP contribution in [0.5, 0.6) is 5.75 Å². The lowest BCUT2D eigenvalue weighted by molar-refractivity contribution is -0.130. The van der Waals surface area contributed by atoms with Crippen LogP contribution in [0.25, 0.3) is 0 Å². The Balaban J connectivity index is 1.93. The maximum Gasteiger partial charge on any atom is 0.140 e. The van der Waals surface area contributed by atoms with Gasteiger partial charge in [-0.05, 0) is 49.9 Å². The normalized spacial score (nSPS) is 22.5. The van der Waals surface area contributed by atoms with Crippen molar-refractivity contribution in [2.24, 2.45) is 5.41 Å². The summed E-state index contributed by atoms with van der Waals surface area (Å²) < 4.78 is 5.15. The lowest BCUT2D eigenvalue weighted by Crippen LogP contribution is -2.45. The number of piperidine rings is 1. The van der Waals surface area contributed by atoms with Gasteiger partial charge in [0.1, 0.15) is 11.5 Å². The molecule has 0 aliphatic carbocycles. The van der Waals surface area contributed by atoms with Crippen LogP contribution in [0.1, 0.15) is 38.2 Å². The summed E-state index contributed by atoms with van der Waals surface area (Å²) in [6, 6.07) is 8.00. The summed E-state index contributed by atoms with van der Waals surface area (Å²) in [6.45, 7) is 4.04. The predicted molar refractivity (Wildman–Crippen MR) is 81.1 cm³/mol. The van der Waals surface area contributed by atoms with Gasteiger partial charge in [0.05, 0.1) is 7.11 Å². The maximum atomic E-state index is 12.6. The molecule has 3 heteroatoms. The van der Waals surface area contributed by atoms with Crippen molar-refractivity contribution in [2.45, 2.75) is 39.0 Å². The van der Waals surface area contributed by atoms with Crippen molar-refractivity contribution < 1.29 is 9.53 Å². The monoisotopic (exact) mass is 275 g/mol. The molecule has 1 N–H and O–H groups in total. The Morgan fingerprint density at radius 2 is 2.10 bits per heavy atom. The van der Waals surface area contributed by atoms with Gasteiger partial charge >= 0.3 is 0 Å². The van der Waals surface area contributed by atoms with Crippen LogP contribution in [0.3, 0.4) is 0 Å². The second-order valence-electron chi connectivity index (χ2n) is 5.69. The first-order valence-corrected chi connectivity index (χ1v) is 7.57. The molecule has 1 aromatic rings. The number of benzene rings is 1. The Labute approximate surface area is 121 Å². The minimum absolute atomic E-state index is 0.120. The molecular weight excluding hydrogens is 250 g/mol. The van der Waals surface area contributed by atoms with Gasteiger partial charge in [0.25, 0.3) is 0 Å². The minimum atomic E-state index is -0.120. The molecule has 1 unspecified atom stereocenters. The second kappa shape index (κ2) is 6.89. The Hall–Kier alpha value is -1.35. The van der Waals surface area contributed by atoms with Gasteiger partial charge in [-0.15, -0.1) is 0 Å². The third-order valence-electron chi connectivity index (χ3n) is 4.54. The molecule has 1 fully saturated rings. The summed E-state index contributed by atoms with van der Waals surface area (Å²) in [6.07, 6.45) is 4.56. The van der Waals surface area contributed by atoms with Crippen LogP contribution in [0, 0.1) is 5.41 Å². The van der Waals surface area contributed by atoms with Crippen LogP contribution in [-0.4, -0.2) is 26.0 Å². The van der Waals surface area contributed by atoms with Crippen molar-refractivity contribution in [3.8, 4) is 5.75 Å². The second-order valence-corrected chi connectivity index (χ2v) is 5.69. The predicted octanol–water partition coefficient (Wildman–Crippen LogP) is 2.98. The molecule has 0 spiro atoms. The molecule has 2 rings (SSSR count). The van der Waals surface area contributed by atoms with Crippen molar-refractivity contribution in [3.63, 3.8) is 0 Å². The molecule has 0 bridgehead atoms. The highest BCUT2D eigenvalue weighted by molar-refractivity contribution is 5.85. The largest absolute Gasteiger partial charge is 0.497 e. The van der Waals surface area contributed by atoms with E-state index < -0.39 is 0 Å². The molecule has 3 nitrogen and oxygen atoms in total. The quantitative estimate of drug-likeness (QED) is 0.867. The number of Topliss-reactive ketones (excluding diaryl/α,β-unsaturated/α-hetero) is 1. The standard InChI is InChI=1S/C17H25NO2/c1-3-17(11-4-12-18-13-17)16(19)10-7-14-5-8-15(20-2)9-6-14/h5-6,8-9,18H,3-4,7,10-13H2,1-2H3. The van der Waals surface area contributed by atoms with Crippen molar-refractivity contribution in [1.29, 1.82) is 0 Å². The molecule has 1 heterocycles. The molecule has 1 aliphatic heterocycles. The van der Waals surface area contributed by atoms with Gasteiger partial charge in [0, 0.05) is 18.4 Å². The summed E-state index contributed by atoms with van der Waals surface area (Å²) in [4.78, 5) is 12.6. The van der Waals surface area contributed by atoms with E-state index in [1.54, 1.807) is 7.11 Å². The van der Waals surface area contributed by atoms with Crippen LogP contribution in [0.15, 0.2) is 24.3 Å². The third kappa shape index (κ3) is 3.40. The zero-order valence-corrected chi connectivity index (χ0v) is 12.6. The third-order valence-corrected chi connectivity index (χ3v) is 4.54. The molecule has 110 valence electrons. The molecule has 20 heavy (non-hydrogen) atoms. The zero-order chi connectivity index (χ0) is 14.4. The van der Waals surface area contributed by atoms with E-state index in [4.69, 9.17) is 4.74 Å². The van der Waals surface area contributed by atoms with Crippen molar-refractivity contribution in [2.75, 3.05) is 20.2 Å². The van der Waals surface area contributed by atoms with Gasteiger partial charge in [-0.3, -0.25) is 4.79 Å². The Morgan fingerprint density at radius 3 is 2.65 bits per heavy atom. The zero-order valence-electron chi connectivity index (χ0n) is 12.6. The minimum Gasteiger partial charge on any atom is -0.497 e. The molecule has 1 atom stereocenters. The van der Waals surface area contributed by atoms with E-state index in [1.165, 1.54) is 5.56 Å². The average Bonchev–Trinajstić information content (AvgIpc) is 2.53. The summed E-state index contributed by atoms with van der Waals surface area (Å²) >= 11 is 0. The van der Waals surface area contributed by atoms with Crippen LogP contribution >= 0.6 is 0 Å². The van der Waals surface area contributed by atoms with Crippen molar-refractivity contribution >= 4 is 5.78 Å². The fraction of sp³-hybridized carbons (Fsp3) is 0.588. The average molecular weight is 275 g/mol. The number of hydrogen-bond acceptors (Lipinski definition) is 3. The first kappa shape index (κ1) is 15.0. The number of methoxy groups -OCH3 is 1. The molecule has 1 aromatic carbocycles. The van der Waals surface area contributed by atoms with Gasteiger partial charge in [0.2, 0.25) is 0 Å². The summed E-state index contributed by atoms with van der Waals surface area (Å²) in [5.41, 5.74) is 1.08. The number of nitrogens with one attached hydrogen (secondary N) is 1. The fourth-order valence-electron chi connectivity index (χ4n) is 3.02. The van der Waals surface area contributed by atoms with E-state index in [2.05, 4.69) is 12.2 Å². The van der Waals surface area contributed by atoms with Crippen LogP contribution in [-0.2, 0) is 11.2 Å². The number of carbonyl (C=O) groups excluding carboxylic acids is 1. The Morgan fingerprint density at radius 1 is 1.35 bits per heavy atom. The first-order chi connectivity index (χ1) is 9.70. The van der Waals surface area contributed by atoms with Gasteiger partial charge in [-0.1, -0.05) is 19.1 Å². The molecule has 0 radical (unpaired) electrons. The maximum absolute atomic E-state index is 12.6. The van der Waals surface area contributed by atoms with E-state index in [1.807, 2.05) is 24.3 Å². The summed E-state index contributed by atoms with van der Waals surface area (Å²) in [5.74, 6) is 1.28. The smallest absolute Gasteiger partial charge is 0.140 e. The molecule has 0 aromatic heterocycles. The number of hydrogen-bond donors (Lipinski definition) is 1. The highest BCUT2D eigenvalue weighted by Gasteiger charge is 2.36. The number of ether oxygens (including phenoxy) is 1. The topological polar surface area (TPSA) is 38.3 Å². The highest BCUT2D eigenvalue weighted by Crippen LogP contribution is 2.32. The Kier molecular flexibility index (Phi) is 5.18. The van der Waals surface area contributed by atoms with Gasteiger partial charge < -0.3 is 10.1 Å². The first-order valence-electron chi connectivity index (χ1n) is 7.57. The van der Waals surface area contributed by atoms with Crippen molar-refractivity contribution in [1.82, 2.24) is 5.32 Å². The molecule has 1 aliphatic rings. The number of aryl methyl sites for hydroxylation is 1. The van der Waals surface area contributed by atoms with Gasteiger partial charge in [0.15, 0.2) is 0 Å². The van der Waals surface area contributed by atoms with E-state index in [0.29, 0.717) is 12.2 Å². The number of ketones is 1.